The van der Waals surface area contributed by atoms with Gasteiger partial charge in [-0.15, -0.1) is 0 Å². The van der Waals surface area contributed by atoms with Crippen LogP contribution in [0.2, 0.25) is 0 Å². The van der Waals surface area contributed by atoms with E-state index in [1.165, 1.54) is 31.3 Å². The van der Waals surface area contributed by atoms with Gasteiger partial charge in [-0.05, 0) is 110 Å². The molecule has 0 aromatic heterocycles. The molecule has 362 valence electrons. The Morgan fingerprint density at radius 2 is 1.30 bits per heavy atom. The van der Waals surface area contributed by atoms with Crippen molar-refractivity contribution in [2.45, 2.75) is 198 Å². The Kier molecular flexibility index (Phi) is 16.0. The molecule has 7 aliphatic rings. The summed E-state index contributed by atoms with van der Waals surface area (Å²) >= 11 is 0. The summed E-state index contributed by atoms with van der Waals surface area (Å²) < 4.78 is 35.8. The van der Waals surface area contributed by atoms with E-state index < -0.39 is 118 Å². The summed E-state index contributed by atoms with van der Waals surface area (Å²) in [5, 5.41) is 105. The van der Waals surface area contributed by atoms with Crippen molar-refractivity contribution >= 4 is 0 Å². The fourth-order valence-corrected chi connectivity index (χ4v) is 13.1. The summed E-state index contributed by atoms with van der Waals surface area (Å²) in [6, 6.07) is 0. The van der Waals surface area contributed by atoms with Gasteiger partial charge in [-0.1, -0.05) is 65.3 Å². The van der Waals surface area contributed by atoms with Crippen LogP contribution in [0.1, 0.15) is 99.3 Å². The number of hydrogen-bond acceptors (Lipinski definition) is 16. The van der Waals surface area contributed by atoms with E-state index >= 15 is 0 Å². The molecule has 16 nitrogen and oxygen atoms in total. The highest BCUT2D eigenvalue weighted by atomic mass is 16.8. The lowest BCUT2D eigenvalue weighted by molar-refractivity contribution is -0.376. The lowest BCUT2D eigenvalue weighted by Gasteiger charge is -2.58. The molecule has 4 aliphatic carbocycles. The molecular weight excluding hydrogens is 821 g/mol. The molecule has 3 saturated heterocycles. The Morgan fingerprint density at radius 1 is 0.683 bits per heavy atom. The predicted molar refractivity (Wildman–Crippen MR) is 226 cm³/mol. The number of rotatable bonds is 14. The van der Waals surface area contributed by atoms with Gasteiger partial charge in [0.15, 0.2) is 18.9 Å². The minimum absolute atomic E-state index is 0.0174. The molecule has 3 saturated carbocycles. The van der Waals surface area contributed by atoms with Crippen LogP contribution in [0.4, 0.5) is 0 Å². The van der Waals surface area contributed by atoms with Crippen LogP contribution in [0.5, 0.6) is 0 Å². The topological polar surface area (TPSA) is 258 Å². The van der Waals surface area contributed by atoms with Crippen molar-refractivity contribution < 1.29 is 79.5 Å². The predicted octanol–water partition coefficient (Wildman–Crippen LogP) is 1.27. The summed E-state index contributed by atoms with van der Waals surface area (Å²) in [4.78, 5) is 0. The highest BCUT2D eigenvalue weighted by molar-refractivity contribution is 5.26. The van der Waals surface area contributed by atoms with Crippen LogP contribution in [-0.2, 0) is 28.4 Å². The summed E-state index contributed by atoms with van der Waals surface area (Å²) in [6.45, 7) is 12.4. The molecule has 24 unspecified atom stereocenters. The van der Waals surface area contributed by atoms with Gasteiger partial charge in [0, 0.05) is 0 Å². The van der Waals surface area contributed by atoms with Gasteiger partial charge in [0.2, 0.25) is 0 Å². The average Bonchev–Trinajstić information content (AvgIpc) is 3.62. The van der Waals surface area contributed by atoms with E-state index in [-0.39, 0.29) is 5.41 Å². The van der Waals surface area contributed by atoms with Crippen molar-refractivity contribution in [3.63, 3.8) is 0 Å². The first kappa shape index (κ1) is 49.7. The molecule has 3 aliphatic heterocycles. The molecule has 7 rings (SSSR count). The molecule has 10 N–H and O–H groups in total. The Labute approximate surface area is 372 Å². The SMILES string of the molecule is CCC(C=CC(C)C1CCC2C3CC=C4CC(OC5OC(COC6OC(CO)C(O)C(O)C6O)C(O)C(O)C5OC5OC(CO)C(O)C(O)C5O)CCC4(C)C3CCC12C)C(C)C. The molecule has 24 atom stereocenters. The van der Waals surface area contributed by atoms with Crippen LogP contribution in [0.15, 0.2) is 23.8 Å². The fraction of sp³-hybridized carbons (Fsp3) is 0.915. The summed E-state index contributed by atoms with van der Waals surface area (Å²) in [6.07, 6.45) is -7.45. The van der Waals surface area contributed by atoms with Crippen molar-refractivity contribution in [1.29, 1.82) is 0 Å². The van der Waals surface area contributed by atoms with Crippen LogP contribution in [-0.4, -0.2) is 169 Å². The van der Waals surface area contributed by atoms with E-state index in [1.54, 1.807) is 0 Å². The molecule has 3 heterocycles. The standard InChI is InChI=1S/C47H78O16/c1-7-24(22(2)3)9-8-23(4)28-12-13-29-27-11-10-25-18-26(14-16-46(25,5)30(27)15-17-47(28,29)6)59-45-42(63-44-41(57)38(54)35(51)32(20-49)61-44)39(55)36(52)33(62-45)21-58-43-40(56)37(53)34(50)31(19-48)60-43/h8-10,22-24,26-45,48-57H,7,11-21H2,1-6H3. The van der Waals surface area contributed by atoms with Crippen molar-refractivity contribution in [2.75, 3.05) is 19.8 Å². The minimum Gasteiger partial charge on any atom is -0.394 e. The van der Waals surface area contributed by atoms with Gasteiger partial charge < -0.3 is 79.5 Å². The highest BCUT2D eigenvalue weighted by Crippen LogP contribution is 2.67. The van der Waals surface area contributed by atoms with Gasteiger partial charge in [0.05, 0.1) is 25.9 Å². The lowest BCUT2D eigenvalue weighted by Crippen LogP contribution is -2.65. The van der Waals surface area contributed by atoms with Gasteiger partial charge in [-0.2, -0.15) is 0 Å². The van der Waals surface area contributed by atoms with Gasteiger partial charge >= 0.3 is 0 Å². The zero-order valence-electron chi connectivity index (χ0n) is 37.9. The number of ether oxygens (including phenoxy) is 6. The van der Waals surface area contributed by atoms with Gasteiger partial charge in [0.1, 0.15) is 73.2 Å². The Bertz CT molecular complexity index is 1560. The Morgan fingerprint density at radius 3 is 1.94 bits per heavy atom. The fourth-order valence-electron chi connectivity index (χ4n) is 13.1. The second-order valence-corrected chi connectivity index (χ2v) is 20.9. The van der Waals surface area contributed by atoms with E-state index in [0.29, 0.717) is 59.7 Å². The van der Waals surface area contributed by atoms with Crippen molar-refractivity contribution in [3.8, 4) is 0 Å². The first-order valence-electron chi connectivity index (χ1n) is 23.8. The third-order valence-electron chi connectivity index (χ3n) is 17.1. The quantitative estimate of drug-likeness (QED) is 0.110. The molecule has 0 aromatic carbocycles. The van der Waals surface area contributed by atoms with E-state index in [4.69, 9.17) is 28.4 Å². The molecule has 0 spiro atoms. The Balaban J connectivity index is 1.06. The summed E-state index contributed by atoms with van der Waals surface area (Å²) in [5.74, 6) is 4.26. The van der Waals surface area contributed by atoms with Crippen molar-refractivity contribution in [2.24, 2.45) is 52.3 Å². The first-order valence-corrected chi connectivity index (χ1v) is 23.8. The van der Waals surface area contributed by atoms with Gasteiger partial charge in [0.25, 0.3) is 0 Å². The molecule has 0 radical (unpaired) electrons. The molecule has 6 fully saturated rings. The van der Waals surface area contributed by atoms with Crippen LogP contribution < -0.4 is 0 Å². The second kappa shape index (κ2) is 20.2. The second-order valence-electron chi connectivity index (χ2n) is 20.9. The Hall–Kier alpha value is -1.16. The van der Waals surface area contributed by atoms with Crippen LogP contribution in [0.3, 0.4) is 0 Å². The van der Waals surface area contributed by atoms with Gasteiger partial charge in [-0.25, -0.2) is 0 Å². The summed E-state index contributed by atoms with van der Waals surface area (Å²) in [5.41, 5.74) is 1.62. The molecule has 0 amide bonds. The monoisotopic (exact) mass is 899 g/mol. The molecule has 16 heteroatoms. The minimum atomic E-state index is -1.80. The number of allylic oxidation sites excluding steroid dienone is 3. The van der Waals surface area contributed by atoms with E-state index in [2.05, 4.69) is 59.8 Å². The van der Waals surface area contributed by atoms with Crippen molar-refractivity contribution in [1.82, 2.24) is 0 Å². The molecule has 0 aromatic rings. The van der Waals surface area contributed by atoms with E-state index in [9.17, 15) is 51.1 Å². The third kappa shape index (κ3) is 9.51. The zero-order valence-corrected chi connectivity index (χ0v) is 37.9. The number of fused-ring (bicyclic) bond motifs is 5. The maximum atomic E-state index is 11.6. The third-order valence-corrected chi connectivity index (χ3v) is 17.1. The maximum absolute atomic E-state index is 11.6. The van der Waals surface area contributed by atoms with Crippen LogP contribution in [0.25, 0.3) is 0 Å². The first-order chi connectivity index (χ1) is 29.9. The number of aliphatic hydroxyl groups is 10. The van der Waals surface area contributed by atoms with Crippen LogP contribution >= 0.6 is 0 Å². The normalized spacial score (nSPS) is 50.1. The highest BCUT2D eigenvalue weighted by Gasteiger charge is 2.60. The van der Waals surface area contributed by atoms with Crippen LogP contribution in [0, 0.1) is 52.3 Å². The lowest BCUT2D eigenvalue weighted by atomic mass is 9.47. The zero-order chi connectivity index (χ0) is 45.7. The molecule has 63 heavy (non-hydrogen) atoms. The number of aliphatic hydroxyl groups excluding tert-OH is 10. The smallest absolute Gasteiger partial charge is 0.187 e. The average molecular weight is 899 g/mol. The van der Waals surface area contributed by atoms with Crippen molar-refractivity contribution in [3.05, 3.63) is 23.8 Å². The molecule has 0 bridgehead atoms. The summed E-state index contributed by atoms with van der Waals surface area (Å²) in [7, 11) is 0. The van der Waals surface area contributed by atoms with E-state index in [1.807, 2.05) is 0 Å². The molecular formula is C47H78O16. The largest absolute Gasteiger partial charge is 0.394 e. The van der Waals surface area contributed by atoms with E-state index in [0.717, 1.165) is 19.3 Å². The maximum Gasteiger partial charge on any atom is 0.187 e. The number of hydrogen-bond donors (Lipinski definition) is 10. The van der Waals surface area contributed by atoms with Gasteiger partial charge in [-0.3, -0.25) is 0 Å².